The van der Waals surface area contributed by atoms with Crippen molar-refractivity contribution in [3.05, 3.63) is 35.4 Å². The van der Waals surface area contributed by atoms with Crippen molar-refractivity contribution in [2.45, 2.75) is 57.2 Å². The molecular weight excluding hydrogens is 303 g/mol. The van der Waals surface area contributed by atoms with Crippen LogP contribution in [0.4, 0.5) is 13.2 Å². The summed E-state index contributed by atoms with van der Waals surface area (Å²) in [7, 11) is 0. The van der Waals surface area contributed by atoms with E-state index in [4.69, 9.17) is 0 Å². The van der Waals surface area contributed by atoms with Crippen molar-refractivity contribution < 1.29 is 18.0 Å². The zero-order valence-electron chi connectivity index (χ0n) is 13.0. The maximum absolute atomic E-state index is 12.9. The fourth-order valence-corrected chi connectivity index (χ4v) is 3.92. The molecule has 1 amide bonds. The van der Waals surface area contributed by atoms with Gasteiger partial charge >= 0.3 is 6.18 Å². The molecule has 1 aromatic carbocycles. The van der Waals surface area contributed by atoms with Gasteiger partial charge in [0.2, 0.25) is 5.91 Å². The van der Waals surface area contributed by atoms with Crippen molar-refractivity contribution in [3.63, 3.8) is 0 Å². The fraction of sp³-hybridized carbons (Fsp3) is 0.611. The number of fused-ring (bicyclic) bond motifs is 1. The highest BCUT2D eigenvalue weighted by Crippen LogP contribution is 2.40. The molecule has 2 aliphatic carbocycles. The number of amides is 1. The highest BCUT2D eigenvalue weighted by Gasteiger charge is 2.43. The Bertz CT molecular complexity index is 570. The molecule has 0 heterocycles. The molecule has 3 atom stereocenters. The van der Waals surface area contributed by atoms with Crippen LogP contribution in [-0.2, 0) is 11.2 Å². The molecule has 126 valence electrons. The zero-order valence-corrected chi connectivity index (χ0v) is 13.0. The SMILES string of the molecule is O=C(N[C@@H]1CCCc2ccccc21)[C@@H]1CCC[C@H](C(F)(F)F)C1. The van der Waals surface area contributed by atoms with Gasteiger partial charge < -0.3 is 5.32 Å². The lowest BCUT2D eigenvalue weighted by molar-refractivity contribution is -0.186. The van der Waals surface area contributed by atoms with Gasteiger partial charge in [0.15, 0.2) is 0 Å². The summed E-state index contributed by atoms with van der Waals surface area (Å²) >= 11 is 0. The first-order valence-electron chi connectivity index (χ1n) is 8.40. The Kier molecular flexibility index (Phi) is 4.64. The van der Waals surface area contributed by atoms with E-state index in [-0.39, 0.29) is 24.8 Å². The second-order valence-corrected chi connectivity index (χ2v) is 6.75. The normalized spacial score (nSPS) is 28.0. The summed E-state index contributed by atoms with van der Waals surface area (Å²) < 4.78 is 38.7. The smallest absolute Gasteiger partial charge is 0.349 e. The minimum absolute atomic E-state index is 0.0567. The molecule has 23 heavy (non-hydrogen) atoms. The number of aryl methyl sites for hydroxylation is 1. The van der Waals surface area contributed by atoms with Crippen LogP contribution in [0, 0.1) is 11.8 Å². The summed E-state index contributed by atoms with van der Waals surface area (Å²) in [6.07, 6.45) is -0.200. The second kappa shape index (κ2) is 6.54. The van der Waals surface area contributed by atoms with Gasteiger partial charge in [-0.1, -0.05) is 30.7 Å². The van der Waals surface area contributed by atoms with Crippen molar-refractivity contribution in [1.29, 1.82) is 0 Å². The fourth-order valence-electron chi connectivity index (χ4n) is 3.92. The Hall–Kier alpha value is -1.52. The van der Waals surface area contributed by atoms with Gasteiger partial charge in [-0.2, -0.15) is 13.2 Å². The molecule has 3 rings (SSSR count). The summed E-state index contributed by atoms with van der Waals surface area (Å²) in [4.78, 5) is 12.5. The van der Waals surface area contributed by atoms with Crippen molar-refractivity contribution in [1.82, 2.24) is 5.32 Å². The third-order valence-corrected chi connectivity index (χ3v) is 5.19. The molecule has 5 heteroatoms. The van der Waals surface area contributed by atoms with E-state index in [1.165, 1.54) is 5.56 Å². The number of nitrogens with one attached hydrogen (secondary N) is 1. The van der Waals surface area contributed by atoms with Crippen LogP contribution in [0.5, 0.6) is 0 Å². The van der Waals surface area contributed by atoms with Gasteiger partial charge in [0.25, 0.3) is 0 Å². The summed E-state index contributed by atoms with van der Waals surface area (Å²) in [5.74, 6) is -2.05. The molecule has 0 bridgehead atoms. The van der Waals surface area contributed by atoms with Crippen LogP contribution in [0.1, 0.15) is 55.7 Å². The second-order valence-electron chi connectivity index (χ2n) is 6.75. The lowest BCUT2D eigenvalue weighted by Gasteiger charge is -2.32. The zero-order chi connectivity index (χ0) is 16.4. The molecule has 2 aliphatic rings. The van der Waals surface area contributed by atoms with Crippen molar-refractivity contribution in [3.8, 4) is 0 Å². The maximum atomic E-state index is 12.9. The van der Waals surface area contributed by atoms with E-state index in [1.54, 1.807) is 0 Å². The molecule has 0 saturated heterocycles. The monoisotopic (exact) mass is 325 g/mol. The number of hydrogen-bond acceptors (Lipinski definition) is 1. The van der Waals surface area contributed by atoms with Crippen LogP contribution >= 0.6 is 0 Å². The predicted octanol–water partition coefficient (Wildman–Crippen LogP) is 4.55. The number of rotatable bonds is 2. The first kappa shape index (κ1) is 16.3. The quantitative estimate of drug-likeness (QED) is 0.849. The molecule has 1 saturated carbocycles. The van der Waals surface area contributed by atoms with E-state index in [0.717, 1.165) is 24.8 Å². The Labute approximate surface area is 134 Å². The number of halogens is 3. The highest BCUT2D eigenvalue weighted by atomic mass is 19.4. The van der Waals surface area contributed by atoms with Gasteiger partial charge in [0, 0.05) is 5.92 Å². The number of benzene rings is 1. The van der Waals surface area contributed by atoms with E-state index in [9.17, 15) is 18.0 Å². The van der Waals surface area contributed by atoms with Gasteiger partial charge in [0.05, 0.1) is 12.0 Å². The van der Waals surface area contributed by atoms with Crippen LogP contribution in [0.15, 0.2) is 24.3 Å². The summed E-state index contributed by atoms with van der Waals surface area (Å²) in [5, 5.41) is 3.01. The van der Waals surface area contributed by atoms with E-state index < -0.39 is 18.0 Å². The third kappa shape index (κ3) is 3.70. The van der Waals surface area contributed by atoms with Crippen LogP contribution < -0.4 is 5.32 Å². The molecule has 0 unspecified atom stereocenters. The molecular formula is C18H22F3NO. The average Bonchev–Trinajstić information content (AvgIpc) is 2.54. The van der Waals surface area contributed by atoms with Gasteiger partial charge in [-0.15, -0.1) is 0 Å². The van der Waals surface area contributed by atoms with Crippen molar-refractivity contribution in [2.75, 3.05) is 0 Å². The largest absolute Gasteiger partial charge is 0.391 e. The van der Waals surface area contributed by atoms with E-state index >= 15 is 0 Å². The van der Waals surface area contributed by atoms with Gasteiger partial charge in [-0.05, 0) is 49.7 Å². The Morgan fingerprint density at radius 2 is 1.87 bits per heavy atom. The summed E-state index contributed by atoms with van der Waals surface area (Å²) in [6, 6.07) is 7.95. The molecule has 0 radical (unpaired) electrons. The molecule has 1 aromatic rings. The molecule has 2 nitrogen and oxygen atoms in total. The summed E-state index contributed by atoms with van der Waals surface area (Å²) in [6.45, 7) is 0. The first-order chi connectivity index (χ1) is 10.9. The third-order valence-electron chi connectivity index (χ3n) is 5.19. The number of carbonyl (C=O) groups is 1. The van der Waals surface area contributed by atoms with E-state index in [0.29, 0.717) is 12.8 Å². The van der Waals surface area contributed by atoms with Crippen LogP contribution in [0.2, 0.25) is 0 Å². The predicted molar refractivity (Wildman–Crippen MR) is 81.8 cm³/mol. The highest BCUT2D eigenvalue weighted by molar-refractivity contribution is 5.79. The lowest BCUT2D eigenvalue weighted by atomic mass is 9.80. The molecule has 1 N–H and O–H groups in total. The molecule has 0 aromatic heterocycles. The van der Waals surface area contributed by atoms with Gasteiger partial charge in [0.1, 0.15) is 0 Å². The first-order valence-corrected chi connectivity index (χ1v) is 8.40. The molecule has 0 aliphatic heterocycles. The Morgan fingerprint density at radius 3 is 2.65 bits per heavy atom. The molecule has 0 spiro atoms. The number of hydrogen-bond donors (Lipinski definition) is 1. The van der Waals surface area contributed by atoms with E-state index in [1.807, 2.05) is 18.2 Å². The summed E-state index contributed by atoms with van der Waals surface area (Å²) in [5.41, 5.74) is 2.36. The van der Waals surface area contributed by atoms with Gasteiger partial charge in [-0.3, -0.25) is 4.79 Å². The number of carbonyl (C=O) groups excluding carboxylic acids is 1. The van der Waals surface area contributed by atoms with Crippen molar-refractivity contribution in [2.24, 2.45) is 11.8 Å². The maximum Gasteiger partial charge on any atom is 0.391 e. The minimum Gasteiger partial charge on any atom is -0.349 e. The minimum atomic E-state index is -4.18. The van der Waals surface area contributed by atoms with Gasteiger partial charge in [-0.25, -0.2) is 0 Å². The topological polar surface area (TPSA) is 29.1 Å². The Balaban J connectivity index is 1.66. The van der Waals surface area contributed by atoms with Crippen molar-refractivity contribution >= 4 is 5.91 Å². The van der Waals surface area contributed by atoms with Crippen LogP contribution in [0.3, 0.4) is 0 Å². The van der Waals surface area contributed by atoms with E-state index in [2.05, 4.69) is 11.4 Å². The Morgan fingerprint density at radius 1 is 1.09 bits per heavy atom. The average molecular weight is 325 g/mol. The van der Waals surface area contributed by atoms with Crippen LogP contribution in [0.25, 0.3) is 0 Å². The van der Waals surface area contributed by atoms with Crippen LogP contribution in [-0.4, -0.2) is 12.1 Å². The number of alkyl halides is 3. The molecule has 1 fully saturated rings. The lowest BCUT2D eigenvalue weighted by Crippen LogP contribution is -2.39. The standard InChI is InChI=1S/C18H22F3NO/c19-18(20,21)14-8-3-7-13(11-14)17(23)22-16-10-4-6-12-5-1-2-9-15(12)16/h1-2,5,9,13-14,16H,3-4,6-8,10-11H2,(H,22,23)/t13-,14+,16-/m1/s1.